The molecule has 4 heteroatoms. The highest BCUT2D eigenvalue weighted by molar-refractivity contribution is 7.07. The van der Waals surface area contributed by atoms with Gasteiger partial charge in [-0.2, -0.15) is 11.3 Å². The van der Waals surface area contributed by atoms with Gasteiger partial charge in [0.1, 0.15) is 0 Å². The van der Waals surface area contributed by atoms with E-state index in [4.69, 9.17) is 0 Å². The molecule has 1 aliphatic carbocycles. The summed E-state index contributed by atoms with van der Waals surface area (Å²) in [6, 6.07) is 3.76. The summed E-state index contributed by atoms with van der Waals surface area (Å²) in [6.45, 7) is 7.91. The van der Waals surface area contributed by atoms with Crippen LogP contribution >= 0.6 is 23.7 Å². The van der Waals surface area contributed by atoms with Crippen LogP contribution < -0.4 is 5.32 Å². The molecule has 1 heterocycles. The fourth-order valence-electron chi connectivity index (χ4n) is 2.10. The molecule has 0 saturated heterocycles. The minimum atomic E-state index is 0. The summed E-state index contributed by atoms with van der Waals surface area (Å²) in [5.41, 5.74) is 1.41. The lowest BCUT2D eigenvalue weighted by atomic mass is 10.3. The minimum absolute atomic E-state index is 0. The van der Waals surface area contributed by atoms with Gasteiger partial charge < -0.3 is 5.32 Å². The van der Waals surface area contributed by atoms with Gasteiger partial charge in [0, 0.05) is 31.7 Å². The number of hydrogen-bond acceptors (Lipinski definition) is 3. The molecule has 1 fully saturated rings. The van der Waals surface area contributed by atoms with Crippen LogP contribution in [-0.2, 0) is 6.54 Å². The maximum atomic E-state index is 3.52. The van der Waals surface area contributed by atoms with Gasteiger partial charge in [-0.15, -0.1) is 12.4 Å². The molecule has 0 spiro atoms. The summed E-state index contributed by atoms with van der Waals surface area (Å²) in [7, 11) is 0. The maximum Gasteiger partial charge on any atom is 0.0214 e. The van der Waals surface area contributed by atoms with Gasteiger partial charge in [-0.3, -0.25) is 4.90 Å². The van der Waals surface area contributed by atoms with E-state index >= 15 is 0 Å². The second-order valence-corrected chi connectivity index (χ2v) is 5.65. The van der Waals surface area contributed by atoms with Gasteiger partial charge in [-0.25, -0.2) is 0 Å². The second kappa shape index (κ2) is 7.37. The van der Waals surface area contributed by atoms with E-state index in [-0.39, 0.29) is 12.4 Å². The zero-order valence-corrected chi connectivity index (χ0v) is 12.3. The van der Waals surface area contributed by atoms with Crippen molar-refractivity contribution in [1.29, 1.82) is 0 Å². The first-order valence-electron chi connectivity index (χ1n) is 6.25. The topological polar surface area (TPSA) is 15.3 Å². The largest absolute Gasteiger partial charge is 0.311 e. The number of nitrogens with zero attached hydrogens (tertiary/aromatic N) is 1. The van der Waals surface area contributed by atoms with E-state index < -0.39 is 0 Å². The number of nitrogens with one attached hydrogen (secondary N) is 1. The zero-order chi connectivity index (χ0) is 11.4. The highest BCUT2D eigenvalue weighted by Crippen LogP contribution is 2.27. The number of rotatable bonds is 7. The molecule has 1 N–H and O–H groups in total. The first-order chi connectivity index (χ1) is 7.77. The van der Waals surface area contributed by atoms with Crippen molar-refractivity contribution in [3.8, 4) is 0 Å². The van der Waals surface area contributed by atoms with Gasteiger partial charge in [0.25, 0.3) is 0 Å². The molecule has 0 amide bonds. The highest BCUT2D eigenvalue weighted by Gasteiger charge is 2.29. The molecule has 0 radical (unpaired) electrons. The Labute approximate surface area is 115 Å². The van der Waals surface area contributed by atoms with Crippen molar-refractivity contribution in [2.24, 2.45) is 0 Å². The molecule has 0 aromatic carbocycles. The molecule has 0 aliphatic heterocycles. The zero-order valence-electron chi connectivity index (χ0n) is 10.7. The average molecular weight is 275 g/mol. The summed E-state index contributed by atoms with van der Waals surface area (Å²) in [4.78, 5) is 2.63. The van der Waals surface area contributed by atoms with E-state index in [1.165, 1.54) is 24.9 Å². The summed E-state index contributed by atoms with van der Waals surface area (Å²) >= 11 is 1.77. The van der Waals surface area contributed by atoms with Crippen LogP contribution in [0.25, 0.3) is 0 Å². The summed E-state index contributed by atoms with van der Waals surface area (Å²) in [6.07, 6.45) is 2.81. The quantitative estimate of drug-likeness (QED) is 0.769. The molecule has 0 atom stereocenters. The molecular formula is C13H23ClN2S. The van der Waals surface area contributed by atoms with Crippen molar-refractivity contribution in [1.82, 2.24) is 10.2 Å². The lowest BCUT2D eigenvalue weighted by Gasteiger charge is -2.26. The molecule has 2 rings (SSSR count). The smallest absolute Gasteiger partial charge is 0.0214 e. The SMILES string of the molecule is CC(C)N(CCNCc1ccsc1)C1CC1.Cl. The molecule has 17 heavy (non-hydrogen) atoms. The van der Waals surface area contributed by atoms with Crippen LogP contribution in [0.4, 0.5) is 0 Å². The van der Waals surface area contributed by atoms with Gasteiger partial charge in [-0.1, -0.05) is 0 Å². The Bertz CT molecular complexity index is 294. The van der Waals surface area contributed by atoms with Crippen LogP contribution in [0, 0.1) is 0 Å². The summed E-state index contributed by atoms with van der Waals surface area (Å²) < 4.78 is 0. The first kappa shape index (κ1) is 15.0. The lowest BCUT2D eigenvalue weighted by molar-refractivity contribution is 0.211. The average Bonchev–Trinajstić information content (AvgIpc) is 2.94. The Kier molecular flexibility index (Phi) is 6.49. The Hall–Kier alpha value is -0.0900. The Morgan fingerprint density at radius 1 is 1.47 bits per heavy atom. The van der Waals surface area contributed by atoms with Crippen molar-refractivity contribution in [3.63, 3.8) is 0 Å². The third kappa shape index (κ3) is 4.96. The second-order valence-electron chi connectivity index (χ2n) is 4.87. The summed E-state index contributed by atoms with van der Waals surface area (Å²) in [5, 5.41) is 7.88. The first-order valence-corrected chi connectivity index (χ1v) is 7.19. The fourth-order valence-corrected chi connectivity index (χ4v) is 2.77. The molecule has 1 aromatic heterocycles. The van der Waals surface area contributed by atoms with Gasteiger partial charge in [-0.05, 0) is 49.1 Å². The normalized spacial score (nSPS) is 15.3. The van der Waals surface area contributed by atoms with E-state index in [1.807, 2.05) is 0 Å². The molecule has 1 saturated carbocycles. The predicted octanol–water partition coefficient (Wildman–Crippen LogP) is 3.13. The third-order valence-corrected chi connectivity index (χ3v) is 3.87. The van der Waals surface area contributed by atoms with E-state index in [0.717, 1.165) is 19.1 Å². The van der Waals surface area contributed by atoms with E-state index in [9.17, 15) is 0 Å². The summed E-state index contributed by atoms with van der Waals surface area (Å²) in [5.74, 6) is 0. The van der Waals surface area contributed by atoms with Gasteiger partial charge in [0.15, 0.2) is 0 Å². The van der Waals surface area contributed by atoms with E-state index in [0.29, 0.717) is 6.04 Å². The van der Waals surface area contributed by atoms with Crippen LogP contribution in [0.2, 0.25) is 0 Å². The van der Waals surface area contributed by atoms with Crippen LogP contribution in [0.5, 0.6) is 0 Å². The fraction of sp³-hybridized carbons (Fsp3) is 0.692. The molecule has 98 valence electrons. The highest BCUT2D eigenvalue weighted by atomic mass is 35.5. The van der Waals surface area contributed by atoms with Crippen LogP contribution in [0.3, 0.4) is 0 Å². The number of halogens is 1. The van der Waals surface area contributed by atoms with Crippen LogP contribution in [-0.4, -0.2) is 30.1 Å². The van der Waals surface area contributed by atoms with Crippen molar-refractivity contribution >= 4 is 23.7 Å². The standard InChI is InChI=1S/C13H22N2S.ClH/c1-11(2)15(13-3-4-13)7-6-14-9-12-5-8-16-10-12;/h5,8,10-11,13-14H,3-4,6-7,9H2,1-2H3;1H. The van der Waals surface area contributed by atoms with Crippen molar-refractivity contribution in [3.05, 3.63) is 22.4 Å². The van der Waals surface area contributed by atoms with Crippen molar-refractivity contribution in [2.75, 3.05) is 13.1 Å². The monoisotopic (exact) mass is 274 g/mol. The minimum Gasteiger partial charge on any atom is -0.311 e. The van der Waals surface area contributed by atoms with Gasteiger partial charge >= 0.3 is 0 Å². The van der Waals surface area contributed by atoms with Crippen molar-refractivity contribution in [2.45, 2.75) is 45.3 Å². The van der Waals surface area contributed by atoms with Gasteiger partial charge in [0.2, 0.25) is 0 Å². The Morgan fingerprint density at radius 3 is 2.76 bits per heavy atom. The molecule has 2 nitrogen and oxygen atoms in total. The maximum absolute atomic E-state index is 3.52. The molecule has 0 bridgehead atoms. The number of thiophene rings is 1. The Balaban J connectivity index is 0.00000144. The van der Waals surface area contributed by atoms with E-state index in [1.54, 1.807) is 11.3 Å². The van der Waals surface area contributed by atoms with Gasteiger partial charge in [0.05, 0.1) is 0 Å². The van der Waals surface area contributed by atoms with E-state index in [2.05, 4.69) is 40.9 Å². The molecule has 0 unspecified atom stereocenters. The lowest BCUT2D eigenvalue weighted by Crippen LogP contribution is -2.38. The molecule has 1 aromatic rings. The van der Waals surface area contributed by atoms with Crippen LogP contribution in [0.15, 0.2) is 16.8 Å². The number of hydrogen-bond donors (Lipinski definition) is 1. The predicted molar refractivity (Wildman–Crippen MR) is 78.1 cm³/mol. The van der Waals surface area contributed by atoms with Crippen LogP contribution in [0.1, 0.15) is 32.3 Å². The van der Waals surface area contributed by atoms with Crippen molar-refractivity contribution < 1.29 is 0 Å². The third-order valence-electron chi connectivity index (χ3n) is 3.14. The Morgan fingerprint density at radius 2 is 2.24 bits per heavy atom. The molecular weight excluding hydrogens is 252 g/mol. The molecule has 1 aliphatic rings.